The SMILES string of the molecule is COCC(O)Cc1nc(C2CC2)ns1. The minimum Gasteiger partial charge on any atom is -0.390 e. The molecule has 1 unspecified atom stereocenters. The summed E-state index contributed by atoms with van der Waals surface area (Å²) in [5, 5.41) is 10.4. The zero-order chi connectivity index (χ0) is 9.97. The lowest BCUT2D eigenvalue weighted by molar-refractivity contribution is 0.0650. The van der Waals surface area contributed by atoms with Gasteiger partial charge in [-0.05, 0) is 24.4 Å². The molecule has 0 aromatic carbocycles. The van der Waals surface area contributed by atoms with E-state index in [0.29, 0.717) is 18.9 Å². The number of methoxy groups -OCH3 is 1. The third kappa shape index (κ3) is 2.50. The zero-order valence-corrected chi connectivity index (χ0v) is 8.96. The van der Waals surface area contributed by atoms with Crippen molar-refractivity contribution in [1.82, 2.24) is 9.36 Å². The highest BCUT2D eigenvalue weighted by atomic mass is 32.1. The number of aromatic nitrogens is 2. The van der Waals surface area contributed by atoms with Crippen molar-refractivity contribution in [3.05, 3.63) is 10.8 Å². The van der Waals surface area contributed by atoms with Gasteiger partial charge >= 0.3 is 0 Å². The molecule has 2 rings (SSSR count). The molecule has 0 amide bonds. The summed E-state index contributed by atoms with van der Waals surface area (Å²) in [6.07, 6.45) is 2.53. The molecule has 0 bridgehead atoms. The second-order valence-electron chi connectivity index (χ2n) is 3.63. The quantitative estimate of drug-likeness (QED) is 0.793. The van der Waals surface area contributed by atoms with Gasteiger partial charge in [0.05, 0.1) is 12.7 Å². The fourth-order valence-corrected chi connectivity index (χ4v) is 2.10. The lowest BCUT2D eigenvalue weighted by Gasteiger charge is -2.05. The second-order valence-corrected chi connectivity index (χ2v) is 4.47. The molecule has 1 aliphatic carbocycles. The monoisotopic (exact) mass is 214 g/mol. The first-order valence-electron chi connectivity index (χ1n) is 4.79. The van der Waals surface area contributed by atoms with Crippen molar-refractivity contribution in [3.8, 4) is 0 Å². The number of aliphatic hydroxyl groups excluding tert-OH is 1. The molecule has 1 saturated carbocycles. The van der Waals surface area contributed by atoms with E-state index in [1.54, 1.807) is 7.11 Å². The molecule has 14 heavy (non-hydrogen) atoms. The van der Waals surface area contributed by atoms with Crippen molar-refractivity contribution < 1.29 is 9.84 Å². The Balaban J connectivity index is 1.88. The summed E-state index contributed by atoms with van der Waals surface area (Å²) in [6.45, 7) is 0.359. The summed E-state index contributed by atoms with van der Waals surface area (Å²) in [7, 11) is 1.58. The first-order chi connectivity index (χ1) is 6.79. The Morgan fingerprint density at radius 1 is 1.64 bits per heavy atom. The van der Waals surface area contributed by atoms with Crippen LogP contribution in [0.2, 0.25) is 0 Å². The predicted octanol–water partition coefficient (Wildman–Crippen LogP) is 0.965. The van der Waals surface area contributed by atoms with Crippen LogP contribution in [0.15, 0.2) is 0 Å². The average molecular weight is 214 g/mol. The Morgan fingerprint density at radius 3 is 3.07 bits per heavy atom. The maximum absolute atomic E-state index is 9.48. The van der Waals surface area contributed by atoms with Gasteiger partial charge in [-0.15, -0.1) is 0 Å². The summed E-state index contributed by atoms with van der Waals surface area (Å²) in [6, 6.07) is 0. The van der Waals surface area contributed by atoms with E-state index in [0.717, 1.165) is 10.8 Å². The van der Waals surface area contributed by atoms with Crippen LogP contribution < -0.4 is 0 Å². The summed E-state index contributed by atoms with van der Waals surface area (Å²) in [5.41, 5.74) is 0. The van der Waals surface area contributed by atoms with Crippen LogP contribution in [0, 0.1) is 0 Å². The first-order valence-corrected chi connectivity index (χ1v) is 5.56. The summed E-state index contributed by atoms with van der Waals surface area (Å²) in [4.78, 5) is 4.39. The highest BCUT2D eigenvalue weighted by Gasteiger charge is 2.27. The predicted molar refractivity (Wildman–Crippen MR) is 53.5 cm³/mol. The van der Waals surface area contributed by atoms with E-state index in [4.69, 9.17) is 4.74 Å². The van der Waals surface area contributed by atoms with E-state index in [1.807, 2.05) is 0 Å². The van der Waals surface area contributed by atoms with Gasteiger partial charge in [-0.1, -0.05) is 0 Å². The van der Waals surface area contributed by atoms with Crippen LogP contribution in [0.5, 0.6) is 0 Å². The molecular weight excluding hydrogens is 200 g/mol. The fraction of sp³-hybridized carbons (Fsp3) is 0.778. The Labute approximate surface area is 87.1 Å². The van der Waals surface area contributed by atoms with Gasteiger partial charge in [0.2, 0.25) is 0 Å². The van der Waals surface area contributed by atoms with E-state index in [1.165, 1.54) is 24.4 Å². The molecular formula is C9H14N2O2S. The molecule has 5 heteroatoms. The summed E-state index contributed by atoms with van der Waals surface area (Å²) in [5.74, 6) is 1.56. The molecule has 0 aliphatic heterocycles. The molecule has 1 fully saturated rings. The van der Waals surface area contributed by atoms with Gasteiger partial charge in [0, 0.05) is 19.4 Å². The molecule has 0 saturated heterocycles. The van der Waals surface area contributed by atoms with Crippen molar-refractivity contribution in [3.63, 3.8) is 0 Å². The Hall–Kier alpha value is -0.520. The molecule has 1 atom stereocenters. The van der Waals surface area contributed by atoms with Crippen molar-refractivity contribution >= 4 is 11.5 Å². The Morgan fingerprint density at radius 2 is 2.43 bits per heavy atom. The lowest BCUT2D eigenvalue weighted by atomic mass is 10.3. The highest BCUT2D eigenvalue weighted by molar-refractivity contribution is 7.05. The molecule has 78 valence electrons. The number of hydrogen-bond acceptors (Lipinski definition) is 5. The smallest absolute Gasteiger partial charge is 0.145 e. The molecule has 4 nitrogen and oxygen atoms in total. The molecule has 1 heterocycles. The number of aliphatic hydroxyl groups is 1. The second kappa shape index (κ2) is 4.33. The summed E-state index contributed by atoms with van der Waals surface area (Å²) >= 11 is 1.40. The Bertz CT molecular complexity index is 299. The largest absolute Gasteiger partial charge is 0.390 e. The van der Waals surface area contributed by atoms with Crippen LogP contribution in [0.1, 0.15) is 29.6 Å². The molecule has 1 N–H and O–H groups in total. The van der Waals surface area contributed by atoms with Gasteiger partial charge in [-0.2, -0.15) is 4.37 Å². The van der Waals surface area contributed by atoms with Crippen LogP contribution in [0.25, 0.3) is 0 Å². The van der Waals surface area contributed by atoms with Gasteiger partial charge in [0.1, 0.15) is 10.8 Å². The van der Waals surface area contributed by atoms with Crippen LogP contribution >= 0.6 is 11.5 Å². The lowest BCUT2D eigenvalue weighted by Crippen LogP contribution is -2.16. The highest BCUT2D eigenvalue weighted by Crippen LogP contribution is 2.38. The maximum Gasteiger partial charge on any atom is 0.145 e. The number of hydrogen-bond donors (Lipinski definition) is 1. The van der Waals surface area contributed by atoms with Gasteiger partial charge < -0.3 is 9.84 Å². The van der Waals surface area contributed by atoms with Crippen molar-refractivity contribution in [2.45, 2.75) is 31.3 Å². The van der Waals surface area contributed by atoms with Crippen LogP contribution in [-0.4, -0.2) is 34.3 Å². The summed E-state index contributed by atoms with van der Waals surface area (Å²) < 4.78 is 9.12. The number of rotatable bonds is 5. The number of ether oxygens (including phenoxy) is 1. The maximum atomic E-state index is 9.48. The van der Waals surface area contributed by atoms with Gasteiger partial charge in [-0.3, -0.25) is 0 Å². The minimum absolute atomic E-state index is 0.359. The molecule has 1 aliphatic rings. The third-order valence-electron chi connectivity index (χ3n) is 2.20. The van der Waals surface area contributed by atoms with Crippen molar-refractivity contribution in [1.29, 1.82) is 0 Å². The van der Waals surface area contributed by atoms with E-state index in [9.17, 15) is 5.11 Å². The number of nitrogens with zero attached hydrogens (tertiary/aromatic N) is 2. The van der Waals surface area contributed by atoms with Gasteiger partial charge in [0.15, 0.2) is 0 Å². The van der Waals surface area contributed by atoms with E-state index in [-0.39, 0.29) is 0 Å². The zero-order valence-electron chi connectivity index (χ0n) is 8.14. The molecule has 1 aromatic heterocycles. The minimum atomic E-state index is -0.458. The molecule has 0 radical (unpaired) electrons. The van der Waals surface area contributed by atoms with Crippen molar-refractivity contribution in [2.24, 2.45) is 0 Å². The standard InChI is InChI=1S/C9H14N2O2S/c1-13-5-7(12)4-8-10-9(11-14-8)6-2-3-6/h6-7,12H,2-5H2,1H3. The van der Waals surface area contributed by atoms with E-state index >= 15 is 0 Å². The third-order valence-corrected chi connectivity index (χ3v) is 2.94. The Kier molecular flexibility index (Phi) is 3.10. The van der Waals surface area contributed by atoms with Crippen LogP contribution in [-0.2, 0) is 11.2 Å². The topological polar surface area (TPSA) is 55.2 Å². The van der Waals surface area contributed by atoms with Crippen LogP contribution in [0.4, 0.5) is 0 Å². The van der Waals surface area contributed by atoms with Crippen molar-refractivity contribution in [2.75, 3.05) is 13.7 Å². The fourth-order valence-electron chi connectivity index (χ4n) is 1.31. The van der Waals surface area contributed by atoms with Crippen LogP contribution in [0.3, 0.4) is 0 Å². The van der Waals surface area contributed by atoms with E-state index < -0.39 is 6.10 Å². The van der Waals surface area contributed by atoms with Gasteiger partial charge in [-0.25, -0.2) is 4.98 Å². The molecule has 0 spiro atoms. The van der Waals surface area contributed by atoms with E-state index in [2.05, 4.69) is 9.36 Å². The first kappa shape index (κ1) is 10.0. The average Bonchev–Trinajstić information content (AvgIpc) is 2.89. The van der Waals surface area contributed by atoms with Gasteiger partial charge in [0.25, 0.3) is 0 Å². The molecule has 1 aromatic rings. The normalized spacial score (nSPS) is 18.4.